The van der Waals surface area contributed by atoms with Crippen molar-refractivity contribution >= 4 is 21.2 Å². The maximum Gasteiger partial charge on any atom is 0.291 e. The van der Waals surface area contributed by atoms with Gasteiger partial charge in [0.15, 0.2) is 0 Å². The van der Waals surface area contributed by atoms with E-state index in [-0.39, 0.29) is 16.0 Å². The molecule has 0 aliphatic heterocycles. The second-order valence-electron chi connectivity index (χ2n) is 5.95. The third kappa shape index (κ3) is 2.93. The van der Waals surface area contributed by atoms with E-state index in [1.54, 1.807) is 19.1 Å². The van der Waals surface area contributed by atoms with Gasteiger partial charge in [-0.1, -0.05) is 12.1 Å². The minimum absolute atomic E-state index is 0.0317. The van der Waals surface area contributed by atoms with Gasteiger partial charge in [-0.3, -0.25) is 13.9 Å². The number of sulfonamides is 1. The van der Waals surface area contributed by atoms with Crippen LogP contribution in [0.2, 0.25) is 0 Å². The van der Waals surface area contributed by atoms with Gasteiger partial charge in [0.2, 0.25) is 0 Å². The van der Waals surface area contributed by atoms with E-state index in [1.165, 1.54) is 21.3 Å². The van der Waals surface area contributed by atoms with Crippen LogP contribution in [0.5, 0.6) is 0 Å². The summed E-state index contributed by atoms with van der Waals surface area (Å²) in [7, 11) is -3.81. The van der Waals surface area contributed by atoms with Crippen LogP contribution in [0, 0.1) is 20.8 Å². The lowest BCUT2D eigenvalue weighted by atomic mass is 10.1. The summed E-state index contributed by atoms with van der Waals surface area (Å²) < 4.78 is 30.9. The molecule has 0 atom stereocenters. The quantitative estimate of drug-likeness (QED) is 0.773. The van der Waals surface area contributed by atoms with E-state index in [4.69, 9.17) is 0 Å². The van der Waals surface area contributed by atoms with Gasteiger partial charge in [-0.05, 0) is 51.0 Å². The third-order valence-electron chi connectivity index (χ3n) is 4.32. The van der Waals surface area contributed by atoms with Crippen molar-refractivity contribution in [3.8, 4) is 0 Å². The highest BCUT2D eigenvalue weighted by Crippen LogP contribution is 2.23. The number of fused-ring (bicyclic) bond motifs is 1. The highest BCUT2D eigenvalue weighted by molar-refractivity contribution is 7.92. The molecule has 0 aliphatic carbocycles. The number of hydrogen-bond acceptors (Lipinski definition) is 4. The van der Waals surface area contributed by atoms with E-state index in [0.717, 1.165) is 11.1 Å². The fourth-order valence-corrected chi connectivity index (χ4v) is 3.84. The first-order valence-corrected chi connectivity index (χ1v) is 9.41. The smallest absolute Gasteiger partial charge is 0.291 e. The Morgan fingerprint density at radius 1 is 1.20 bits per heavy atom. The zero-order valence-corrected chi connectivity index (χ0v) is 15.4. The first-order chi connectivity index (χ1) is 11.7. The molecule has 3 aromatic rings. The molecular formula is C17H20N4O3S. The van der Waals surface area contributed by atoms with E-state index in [0.29, 0.717) is 18.1 Å². The minimum atomic E-state index is -3.81. The molecule has 2 aromatic heterocycles. The average molecular weight is 360 g/mol. The normalized spacial score (nSPS) is 11.8. The second-order valence-corrected chi connectivity index (χ2v) is 7.63. The zero-order chi connectivity index (χ0) is 18.4. The van der Waals surface area contributed by atoms with Gasteiger partial charge in [-0.2, -0.15) is 5.10 Å². The first-order valence-electron chi connectivity index (χ1n) is 7.93. The monoisotopic (exact) mass is 360 g/mol. The summed E-state index contributed by atoms with van der Waals surface area (Å²) in [5, 5.41) is 4.18. The molecule has 2 heterocycles. The number of anilines is 1. The Morgan fingerprint density at radius 2 is 1.92 bits per heavy atom. The van der Waals surface area contributed by atoms with Crippen molar-refractivity contribution in [2.24, 2.45) is 0 Å². The Bertz CT molecular complexity index is 1130. The number of aryl methyl sites for hydroxylation is 3. The Morgan fingerprint density at radius 3 is 2.60 bits per heavy atom. The molecule has 0 bridgehead atoms. The largest absolute Gasteiger partial charge is 0.298 e. The summed E-state index contributed by atoms with van der Waals surface area (Å²) >= 11 is 0. The van der Waals surface area contributed by atoms with Gasteiger partial charge in [0.1, 0.15) is 16.2 Å². The molecule has 0 saturated heterocycles. The molecule has 8 heteroatoms. The zero-order valence-electron chi connectivity index (χ0n) is 14.6. The lowest BCUT2D eigenvalue weighted by molar-refractivity contribution is 0.592. The van der Waals surface area contributed by atoms with Crippen LogP contribution in [-0.4, -0.2) is 22.6 Å². The van der Waals surface area contributed by atoms with Crippen LogP contribution < -0.4 is 10.3 Å². The Kier molecular flexibility index (Phi) is 4.16. The van der Waals surface area contributed by atoms with Gasteiger partial charge in [-0.15, -0.1) is 0 Å². The fourth-order valence-electron chi connectivity index (χ4n) is 2.70. The fraction of sp³-hybridized carbons (Fsp3) is 0.294. The standard InChI is InChI=1S/C17H20N4O3S/c1-5-21-17(22)16-9-14(10-20(16)13(4)18-21)25(23,24)19-15-8-6-7-11(2)12(15)3/h6-10,19H,5H2,1-4H3. The van der Waals surface area contributed by atoms with E-state index in [2.05, 4.69) is 9.82 Å². The van der Waals surface area contributed by atoms with Gasteiger partial charge < -0.3 is 0 Å². The van der Waals surface area contributed by atoms with Gasteiger partial charge in [0.05, 0.1) is 5.69 Å². The summed E-state index contributed by atoms with van der Waals surface area (Å²) in [5.41, 5.74) is 2.35. The van der Waals surface area contributed by atoms with Crippen LogP contribution in [0.1, 0.15) is 23.9 Å². The topological polar surface area (TPSA) is 85.5 Å². The number of aromatic nitrogens is 3. The number of nitrogens with zero attached hydrogens (tertiary/aromatic N) is 3. The molecule has 7 nitrogen and oxygen atoms in total. The molecule has 3 rings (SSSR count). The van der Waals surface area contributed by atoms with Gasteiger partial charge >= 0.3 is 0 Å². The molecule has 25 heavy (non-hydrogen) atoms. The summed E-state index contributed by atoms with van der Waals surface area (Å²) in [5.74, 6) is 0.546. The molecule has 0 unspecified atom stereocenters. The SMILES string of the molecule is CCn1nc(C)n2cc(S(=O)(=O)Nc3cccc(C)c3C)cc2c1=O. The lowest BCUT2D eigenvalue weighted by Crippen LogP contribution is -2.25. The lowest BCUT2D eigenvalue weighted by Gasteiger charge is -2.11. The number of benzene rings is 1. The predicted octanol–water partition coefficient (Wildman–Crippen LogP) is 2.24. The number of hydrogen-bond donors (Lipinski definition) is 1. The van der Waals surface area contributed by atoms with Crippen molar-refractivity contribution in [3.05, 3.63) is 57.8 Å². The first kappa shape index (κ1) is 17.2. The Balaban J connectivity index is 2.12. The molecule has 0 fully saturated rings. The summed E-state index contributed by atoms with van der Waals surface area (Å²) in [6.07, 6.45) is 1.42. The molecule has 0 radical (unpaired) electrons. The maximum absolute atomic E-state index is 12.8. The van der Waals surface area contributed by atoms with Crippen LogP contribution in [0.3, 0.4) is 0 Å². The van der Waals surface area contributed by atoms with Crippen molar-refractivity contribution in [2.75, 3.05) is 4.72 Å². The van der Waals surface area contributed by atoms with Crippen LogP contribution in [0.25, 0.3) is 5.52 Å². The second kappa shape index (κ2) is 6.03. The van der Waals surface area contributed by atoms with Crippen LogP contribution in [-0.2, 0) is 16.6 Å². The molecule has 132 valence electrons. The predicted molar refractivity (Wildman–Crippen MR) is 96.6 cm³/mol. The summed E-state index contributed by atoms with van der Waals surface area (Å²) in [4.78, 5) is 12.4. The van der Waals surface area contributed by atoms with Crippen LogP contribution in [0.15, 0.2) is 40.2 Å². The Hall–Kier alpha value is -2.61. The van der Waals surface area contributed by atoms with Crippen molar-refractivity contribution in [2.45, 2.75) is 39.1 Å². The summed E-state index contributed by atoms with van der Waals surface area (Å²) in [6.45, 7) is 7.74. The van der Waals surface area contributed by atoms with E-state index < -0.39 is 10.0 Å². The minimum Gasteiger partial charge on any atom is -0.298 e. The highest BCUT2D eigenvalue weighted by atomic mass is 32.2. The molecular weight excluding hydrogens is 340 g/mol. The van der Waals surface area contributed by atoms with Gasteiger partial charge in [0.25, 0.3) is 15.6 Å². The van der Waals surface area contributed by atoms with Crippen molar-refractivity contribution in [1.82, 2.24) is 14.2 Å². The third-order valence-corrected chi connectivity index (χ3v) is 5.65. The molecule has 1 aromatic carbocycles. The number of rotatable bonds is 4. The molecule has 0 spiro atoms. The van der Waals surface area contributed by atoms with Crippen molar-refractivity contribution < 1.29 is 8.42 Å². The van der Waals surface area contributed by atoms with E-state index >= 15 is 0 Å². The van der Waals surface area contributed by atoms with E-state index in [9.17, 15) is 13.2 Å². The van der Waals surface area contributed by atoms with Crippen LogP contribution in [0.4, 0.5) is 5.69 Å². The van der Waals surface area contributed by atoms with Crippen molar-refractivity contribution in [1.29, 1.82) is 0 Å². The van der Waals surface area contributed by atoms with Crippen molar-refractivity contribution in [3.63, 3.8) is 0 Å². The maximum atomic E-state index is 12.8. The van der Waals surface area contributed by atoms with Gasteiger partial charge in [-0.25, -0.2) is 13.1 Å². The summed E-state index contributed by atoms with van der Waals surface area (Å²) in [6, 6.07) is 6.82. The van der Waals surface area contributed by atoms with E-state index in [1.807, 2.05) is 26.8 Å². The molecule has 0 saturated carbocycles. The molecule has 1 N–H and O–H groups in total. The van der Waals surface area contributed by atoms with Crippen LogP contribution >= 0.6 is 0 Å². The van der Waals surface area contributed by atoms with Gasteiger partial charge in [0, 0.05) is 12.7 Å². The number of nitrogens with one attached hydrogen (secondary N) is 1. The molecule has 0 aliphatic rings. The Labute approximate surface area is 146 Å². The average Bonchev–Trinajstić information content (AvgIpc) is 3.02. The molecule has 0 amide bonds. The highest BCUT2D eigenvalue weighted by Gasteiger charge is 2.20.